The van der Waals surface area contributed by atoms with Crippen molar-refractivity contribution in [1.29, 1.82) is 0 Å². The second-order valence-corrected chi connectivity index (χ2v) is 6.99. The molecule has 2 heterocycles. The zero-order chi connectivity index (χ0) is 18.4. The molecule has 1 aliphatic heterocycles. The fraction of sp³-hybridized carbons (Fsp3) is 0.412. The normalized spacial score (nSPS) is 18.4. The molecular weight excluding hydrogens is 325 g/mol. The first kappa shape index (κ1) is 17.1. The highest BCUT2D eigenvalue weighted by Gasteiger charge is 2.44. The second kappa shape index (κ2) is 5.94. The van der Waals surface area contributed by atoms with Crippen LogP contribution in [0.5, 0.6) is 0 Å². The minimum Gasteiger partial charge on any atom is -0.282 e. The van der Waals surface area contributed by atoms with Crippen molar-refractivity contribution in [1.82, 2.24) is 19.7 Å². The van der Waals surface area contributed by atoms with Gasteiger partial charge in [0.1, 0.15) is 24.0 Å². The summed E-state index contributed by atoms with van der Waals surface area (Å²) >= 11 is 0. The minimum absolute atomic E-state index is 0.0387. The second-order valence-electron chi connectivity index (χ2n) is 6.99. The number of nitrogens with zero attached hydrogens (tertiary/aromatic N) is 5. The molecule has 8 heteroatoms. The summed E-state index contributed by atoms with van der Waals surface area (Å²) in [5.41, 5.74) is 0.159. The van der Waals surface area contributed by atoms with E-state index in [1.54, 1.807) is 11.6 Å². The SMILES string of the molecule is C[C@@H]1C(=O)N(Cc2ncnn2C(C)(C)C)C(=O)N1c1ccc(F)cc1. The van der Waals surface area contributed by atoms with Crippen molar-refractivity contribution in [3.05, 3.63) is 42.2 Å². The zero-order valence-electron chi connectivity index (χ0n) is 14.6. The molecule has 2 aromatic rings. The van der Waals surface area contributed by atoms with E-state index < -0.39 is 17.9 Å². The number of carbonyl (C=O) groups is 2. The molecule has 25 heavy (non-hydrogen) atoms. The Bertz CT molecular complexity index is 809. The van der Waals surface area contributed by atoms with Crippen molar-refractivity contribution in [2.75, 3.05) is 4.90 Å². The summed E-state index contributed by atoms with van der Waals surface area (Å²) in [4.78, 5) is 32.1. The Labute approximate surface area is 145 Å². The Balaban J connectivity index is 1.89. The number of halogens is 1. The average Bonchev–Trinajstić information content (AvgIpc) is 3.09. The van der Waals surface area contributed by atoms with Gasteiger partial charge in [-0.3, -0.25) is 14.6 Å². The number of urea groups is 1. The number of hydrogen-bond donors (Lipinski definition) is 0. The van der Waals surface area contributed by atoms with Crippen molar-refractivity contribution in [3.63, 3.8) is 0 Å². The molecule has 1 aliphatic rings. The lowest BCUT2D eigenvalue weighted by Gasteiger charge is -2.23. The Morgan fingerprint density at radius 1 is 1.16 bits per heavy atom. The number of hydrogen-bond acceptors (Lipinski definition) is 4. The topological polar surface area (TPSA) is 71.3 Å². The zero-order valence-corrected chi connectivity index (χ0v) is 14.6. The third-order valence-electron chi connectivity index (χ3n) is 4.11. The molecule has 3 rings (SSSR count). The van der Waals surface area contributed by atoms with Crippen molar-refractivity contribution in [2.24, 2.45) is 0 Å². The van der Waals surface area contributed by atoms with E-state index in [9.17, 15) is 14.0 Å². The molecule has 7 nitrogen and oxygen atoms in total. The molecule has 0 N–H and O–H groups in total. The summed E-state index contributed by atoms with van der Waals surface area (Å²) in [6.07, 6.45) is 1.41. The van der Waals surface area contributed by atoms with Crippen molar-refractivity contribution >= 4 is 17.6 Å². The summed E-state index contributed by atoms with van der Waals surface area (Å²) in [5, 5.41) is 4.19. The predicted molar refractivity (Wildman–Crippen MR) is 89.3 cm³/mol. The van der Waals surface area contributed by atoms with Gasteiger partial charge in [-0.25, -0.2) is 18.9 Å². The van der Waals surface area contributed by atoms with Gasteiger partial charge in [0.05, 0.1) is 12.1 Å². The van der Waals surface area contributed by atoms with Gasteiger partial charge < -0.3 is 0 Å². The summed E-state index contributed by atoms with van der Waals surface area (Å²) in [7, 11) is 0. The maximum absolute atomic E-state index is 13.1. The standard InChI is InChI=1S/C17H20FN5O2/c1-11-15(24)21(9-14-19-10-20-23(14)17(2,3)4)16(25)22(11)13-7-5-12(18)6-8-13/h5-8,10-11H,9H2,1-4H3/t11-/m1/s1. The molecule has 0 spiro atoms. The van der Waals surface area contributed by atoms with Gasteiger partial charge in [0.15, 0.2) is 0 Å². The summed E-state index contributed by atoms with van der Waals surface area (Å²) in [6, 6.07) is 4.38. The van der Waals surface area contributed by atoms with Crippen LogP contribution in [0.15, 0.2) is 30.6 Å². The van der Waals surface area contributed by atoms with E-state index in [2.05, 4.69) is 10.1 Å². The van der Waals surface area contributed by atoms with Crippen LogP contribution in [0.3, 0.4) is 0 Å². The Kier molecular flexibility index (Phi) is 4.06. The Morgan fingerprint density at radius 2 is 1.80 bits per heavy atom. The summed E-state index contributed by atoms with van der Waals surface area (Å²) in [6.45, 7) is 7.58. The van der Waals surface area contributed by atoms with Crippen LogP contribution in [0.4, 0.5) is 14.9 Å². The van der Waals surface area contributed by atoms with Gasteiger partial charge in [-0.2, -0.15) is 5.10 Å². The fourth-order valence-corrected chi connectivity index (χ4v) is 2.88. The molecule has 1 saturated heterocycles. The monoisotopic (exact) mass is 345 g/mol. The van der Waals surface area contributed by atoms with Crippen molar-refractivity contribution in [2.45, 2.75) is 45.8 Å². The Morgan fingerprint density at radius 3 is 2.40 bits per heavy atom. The van der Waals surface area contributed by atoms with E-state index >= 15 is 0 Å². The average molecular weight is 345 g/mol. The lowest BCUT2D eigenvalue weighted by Crippen LogP contribution is -2.35. The third kappa shape index (κ3) is 2.99. The number of rotatable bonds is 3. The number of carbonyl (C=O) groups excluding carboxylic acids is 2. The highest BCUT2D eigenvalue weighted by Crippen LogP contribution is 2.27. The van der Waals surface area contributed by atoms with Gasteiger partial charge >= 0.3 is 6.03 Å². The maximum atomic E-state index is 13.1. The van der Waals surface area contributed by atoms with Crippen LogP contribution in [-0.4, -0.2) is 37.6 Å². The van der Waals surface area contributed by atoms with Crippen LogP contribution in [0.25, 0.3) is 0 Å². The molecule has 1 aromatic carbocycles. The minimum atomic E-state index is -0.663. The molecule has 0 radical (unpaired) electrons. The third-order valence-corrected chi connectivity index (χ3v) is 4.11. The van der Waals surface area contributed by atoms with Crippen molar-refractivity contribution < 1.29 is 14.0 Å². The quantitative estimate of drug-likeness (QED) is 0.802. The lowest BCUT2D eigenvalue weighted by molar-refractivity contribution is -0.127. The Hall–Kier alpha value is -2.77. The van der Waals surface area contributed by atoms with Gasteiger partial charge in [-0.1, -0.05) is 0 Å². The molecule has 1 fully saturated rings. The fourth-order valence-electron chi connectivity index (χ4n) is 2.88. The number of amides is 3. The molecule has 0 saturated carbocycles. The molecular formula is C17H20FN5O2. The van der Waals surface area contributed by atoms with Gasteiger partial charge in [0, 0.05) is 5.69 Å². The lowest BCUT2D eigenvalue weighted by atomic mass is 10.1. The van der Waals surface area contributed by atoms with Crippen LogP contribution >= 0.6 is 0 Å². The van der Waals surface area contributed by atoms with Gasteiger partial charge in [0.25, 0.3) is 5.91 Å². The van der Waals surface area contributed by atoms with E-state index in [0.717, 1.165) is 4.90 Å². The molecule has 0 bridgehead atoms. The van der Waals surface area contributed by atoms with Crippen LogP contribution in [0.1, 0.15) is 33.5 Å². The van der Waals surface area contributed by atoms with E-state index in [0.29, 0.717) is 11.5 Å². The van der Waals surface area contributed by atoms with E-state index in [-0.39, 0.29) is 18.0 Å². The summed E-state index contributed by atoms with van der Waals surface area (Å²) in [5.74, 6) is -0.190. The maximum Gasteiger partial charge on any atom is 0.332 e. The molecule has 1 atom stereocenters. The van der Waals surface area contributed by atoms with Crippen LogP contribution in [0, 0.1) is 5.82 Å². The first-order chi connectivity index (χ1) is 11.7. The van der Waals surface area contributed by atoms with E-state index in [1.165, 1.54) is 35.5 Å². The van der Waals surface area contributed by atoms with E-state index in [1.807, 2.05) is 20.8 Å². The molecule has 3 amide bonds. The highest BCUT2D eigenvalue weighted by atomic mass is 19.1. The molecule has 0 unspecified atom stereocenters. The smallest absolute Gasteiger partial charge is 0.282 e. The van der Waals surface area contributed by atoms with E-state index in [4.69, 9.17) is 0 Å². The van der Waals surface area contributed by atoms with Gasteiger partial charge in [-0.05, 0) is 52.0 Å². The highest BCUT2D eigenvalue weighted by molar-refractivity contribution is 6.13. The van der Waals surface area contributed by atoms with Crippen LogP contribution in [0.2, 0.25) is 0 Å². The molecule has 0 aliphatic carbocycles. The summed E-state index contributed by atoms with van der Waals surface area (Å²) < 4.78 is 14.8. The molecule has 132 valence electrons. The first-order valence-electron chi connectivity index (χ1n) is 7.99. The predicted octanol–water partition coefficient (Wildman–Crippen LogP) is 2.53. The number of aromatic nitrogens is 3. The van der Waals surface area contributed by atoms with Crippen LogP contribution in [-0.2, 0) is 16.9 Å². The largest absolute Gasteiger partial charge is 0.332 e. The number of anilines is 1. The first-order valence-corrected chi connectivity index (χ1v) is 7.99. The van der Waals surface area contributed by atoms with Gasteiger partial charge in [0.2, 0.25) is 0 Å². The van der Waals surface area contributed by atoms with Gasteiger partial charge in [-0.15, -0.1) is 0 Å². The van der Waals surface area contributed by atoms with Crippen LogP contribution < -0.4 is 4.90 Å². The number of imide groups is 1. The molecule has 1 aromatic heterocycles. The van der Waals surface area contributed by atoms with Crippen molar-refractivity contribution in [3.8, 4) is 0 Å². The number of benzene rings is 1.